The zero-order chi connectivity index (χ0) is 21.9. The molecule has 2 heterocycles. The lowest BCUT2D eigenvalue weighted by atomic mass is 10.1. The van der Waals surface area contributed by atoms with Gasteiger partial charge in [0.15, 0.2) is 5.96 Å². The number of para-hydroxylation sites is 1. The third-order valence-corrected chi connectivity index (χ3v) is 5.53. The van der Waals surface area contributed by atoms with E-state index in [2.05, 4.69) is 15.3 Å². The largest absolute Gasteiger partial charge is 0.403 e. The Balaban J connectivity index is 0.00000341. The van der Waals surface area contributed by atoms with Gasteiger partial charge in [0.05, 0.1) is 5.52 Å². The standard InChI is InChI=1S/C21H29F3N6.HI/c1-15(21(22,23)24)29-9-11-30(12-10-29)20(25-2)26-14-16-13-19(28(3)4)27-18-8-6-5-7-17(16)18;/h5-8,13,15H,9-12,14H2,1-4H3,(H,25,26);1H. The average molecular weight is 550 g/mol. The highest BCUT2D eigenvalue weighted by atomic mass is 127. The number of aliphatic imine (C=N–C) groups is 1. The Morgan fingerprint density at radius 3 is 2.42 bits per heavy atom. The number of nitrogens with one attached hydrogen (secondary N) is 1. The van der Waals surface area contributed by atoms with Gasteiger partial charge in [-0.25, -0.2) is 4.98 Å². The van der Waals surface area contributed by atoms with Crippen molar-refractivity contribution in [3.63, 3.8) is 0 Å². The molecule has 0 aliphatic carbocycles. The van der Waals surface area contributed by atoms with E-state index < -0.39 is 12.2 Å². The van der Waals surface area contributed by atoms with Crippen LogP contribution < -0.4 is 10.2 Å². The molecule has 172 valence electrons. The normalized spacial score (nSPS) is 16.7. The Morgan fingerprint density at radius 2 is 1.84 bits per heavy atom. The minimum Gasteiger partial charge on any atom is -0.363 e. The fraction of sp³-hybridized carbons (Fsp3) is 0.524. The van der Waals surface area contributed by atoms with Crippen LogP contribution in [0.5, 0.6) is 0 Å². The molecule has 10 heteroatoms. The first kappa shape index (κ1) is 25.4. The molecule has 1 aromatic heterocycles. The highest BCUT2D eigenvalue weighted by Gasteiger charge is 2.41. The van der Waals surface area contributed by atoms with Gasteiger partial charge in [-0.15, -0.1) is 24.0 Å². The lowest BCUT2D eigenvalue weighted by Crippen LogP contribution is -2.56. The molecule has 31 heavy (non-hydrogen) atoms. The number of halogens is 4. The molecule has 1 N–H and O–H groups in total. The van der Waals surface area contributed by atoms with E-state index in [0.29, 0.717) is 38.7 Å². The first-order valence-electron chi connectivity index (χ1n) is 10.0. The summed E-state index contributed by atoms with van der Waals surface area (Å²) in [5.74, 6) is 1.57. The Morgan fingerprint density at radius 1 is 1.19 bits per heavy atom. The molecule has 1 aliphatic heterocycles. The summed E-state index contributed by atoms with van der Waals surface area (Å²) in [6.45, 7) is 3.48. The van der Waals surface area contributed by atoms with Crippen LogP contribution in [0, 0.1) is 0 Å². The SMILES string of the molecule is CN=C(NCc1cc(N(C)C)nc2ccccc12)N1CCN(C(C)C(F)(F)F)CC1.I. The second kappa shape index (κ2) is 10.7. The topological polar surface area (TPSA) is 47.0 Å². The van der Waals surface area contributed by atoms with E-state index >= 15 is 0 Å². The van der Waals surface area contributed by atoms with Crippen LogP contribution in [0.3, 0.4) is 0 Å². The molecule has 2 aromatic rings. The predicted molar refractivity (Wildman–Crippen MR) is 130 cm³/mol. The van der Waals surface area contributed by atoms with Crippen molar-refractivity contribution < 1.29 is 13.2 Å². The summed E-state index contributed by atoms with van der Waals surface area (Å²) in [5.41, 5.74) is 2.01. The van der Waals surface area contributed by atoms with Crippen LogP contribution in [0.25, 0.3) is 10.9 Å². The quantitative estimate of drug-likeness (QED) is 0.359. The number of guanidine groups is 1. The average Bonchev–Trinajstić information content (AvgIpc) is 2.73. The number of fused-ring (bicyclic) bond motifs is 1. The van der Waals surface area contributed by atoms with E-state index in [0.717, 1.165) is 22.3 Å². The molecule has 6 nitrogen and oxygen atoms in total. The molecule has 3 rings (SSSR count). The number of piperazine rings is 1. The van der Waals surface area contributed by atoms with Crippen molar-refractivity contribution in [1.29, 1.82) is 0 Å². The molecule has 1 aliphatic rings. The molecule has 1 fully saturated rings. The van der Waals surface area contributed by atoms with E-state index in [1.807, 2.05) is 54.2 Å². The van der Waals surface area contributed by atoms with Crippen molar-refractivity contribution in [2.24, 2.45) is 4.99 Å². The summed E-state index contributed by atoms with van der Waals surface area (Å²) < 4.78 is 38.9. The van der Waals surface area contributed by atoms with Crippen molar-refractivity contribution in [2.75, 3.05) is 52.2 Å². The Hall–Kier alpha value is -1.82. The zero-order valence-electron chi connectivity index (χ0n) is 18.3. The minimum absolute atomic E-state index is 0. The highest BCUT2D eigenvalue weighted by Crippen LogP contribution is 2.25. The fourth-order valence-corrected chi connectivity index (χ4v) is 3.64. The van der Waals surface area contributed by atoms with Gasteiger partial charge < -0.3 is 15.1 Å². The van der Waals surface area contributed by atoms with E-state index in [1.54, 1.807) is 7.05 Å². The first-order chi connectivity index (χ1) is 14.2. The van der Waals surface area contributed by atoms with Gasteiger partial charge in [0.1, 0.15) is 11.9 Å². The van der Waals surface area contributed by atoms with Gasteiger partial charge in [-0.2, -0.15) is 13.2 Å². The molecule has 0 amide bonds. The van der Waals surface area contributed by atoms with Crippen LogP contribution in [-0.2, 0) is 6.54 Å². The third kappa shape index (κ3) is 6.12. The maximum atomic E-state index is 13.0. The molecule has 0 radical (unpaired) electrons. The summed E-state index contributed by atoms with van der Waals surface area (Å²) in [4.78, 5) is 14.5. The maximum absolute atomic E-state index is 13.0. The van der Waals surface area contributed by atoms with E-state index in [1.165, 1.54) is 11.8 Å². The molecule has 0 spiro atoms. The van der Waals surface area contributed by atoms with Crippen LogP contribution >= 0.6 is 24.0 Å². The van der Waals surface area contributed by atoms with Crippen LogP contribution in [0.1, 0.15) is 12.5 Å². The second-order valence-electron chi connectivity index (χ2n) is 7.69. The lowest BCUT2D eigenvalue weighted by Gasteiger charge is -2.39. The summed E-state index contributed by atoms with van der Waals surface area (Å²) in [7, 11) is 5.60. The smallest absolute Gasteiger partial charge is 0.363 e. The van der Waals surface area contributed by atoms with Crippen molar-refractivity contribution in [3.8, 4) is 0 Å². The monoisotopic (exact) mass is 550 g/mol. The molecule has 1 aromatic carbocycles. The molecule has 1 saturated heterocycles. The summed E-state index contributed by atoms with van der Waals surface area (Å²) in [5, 5.41) is 4.44. The van der Waals surface area contributed by atoms with Gasteiger partial charge in [0.25, 0.3) is 0 Å². The third-order valence-electron chi connectivity index (χ3n) is 5.53. The number of benzene rings is 1. The summed E-state index contributed by atoms with van der Waals surface area (Å²) in [6.07, 6.45) is -4.20. The summed E-state index contributed by atoms with van der Waals surface area (Å²) in [6, 6.07) is 8.60. The van der Waals surface area contributed by atoms with Gasteiger partial charge in [-0.1, -0.05) is 18.2 Å². The molecule has 0 bridgehead atoms. The van der Waals surface area contributed by atoms with Gasteiger partial charge in [-0.05, 0) is 24.6 Å². The number of rotatable bonds is 4. The second-order valence-corrected chi connectivity index (χ2v) is 7.69. The molecule has 0 saturated carbocycles. The van der Waals surface area contributed by atoms with E-state index in [4.69, 9.17) is 0 Å². The van der Waals surface area contributed by atoms with Gasteiger partial charge in [0, 0.05) is 59.3 Å². The van der Waals surface area contributed by atoms with Crippen molar-refractivity contribution >= 4 is 46.7 Å². The van der Waals surface area contributed by atoms with Crippen molar-refractivity contribution in [2.45, 2.75) is 25.7 Å². The van der Waals surface area contributed by atoms with E-state index in [9.17, 15) is 13.2 Å². The molecular weight excluding hydrogens is 520 g/mol. The van der Waals surface area contributed by atoms with Crippen LogP contribution in [0.2, 0.25) is 0 Å². The van der Waals surface area contributed by atoms with Gasteiger partial charge in [0.2, 0.25) is 0 Å². The first-order valence-corrected chi connectivity index (χ1v) is 10.0. The molecular formula is C21H30F3IN6. The number of pyridine rings is 1. The van der Waals surface area contributed by atoms with Crippen LogP contribution in [0.4, 0.5) is 19.0 Å². The van der Waals surface area contributed by atoms with E-state index in [-0.39, 0.29) is 24.0 Å². The number of hydrogen-bond acceptors (Lipinski definition) is 4. The van der Waals surface area contributed by atoms with Crippen molar-refractivity contribution in [1.82, 2.24) is 20.1 Å². The van der Waals surface area contributed by atoms with Crippen LogP contribution in [-0.4, -0.2) is 80.3 Å². The number of alkyl halides is 3. The lowest BCUT2D eigenvalue weighted by molar-refractivity contribution is -0.181. The number of aromatic nitrogens is 1. The number of hydrogen-bond donors (Lipinski definition) is 1. The maximum Gasteiger partial charge on any atom is 0.403 e. The Labute approximate surface area is 198 Å². The Kier molecular flexibility index (Phi) is 8.75. The number of nitrogens with zero attached hydrogens (tertiary/aromatic N) is 5. The highest BCUT2D eigenvalue weighted by molar-refractivity contribution is 14.0. The molecule has 1 unspecified atom stereocenters. The Bertz CT molecular complexity index is 894. The molecule has 1 atom stereocenters. The van der Waals surface area contributed by atoms with Crippen molar-refractivity contribution in [3.05, 3.63) is 35.9 Å². The summed E-state index contributed by atoms with van der Waals surface area (Å²) >= 11 is 0. The predicted octanol–water partition coefficient (Wildman–Crippen LogP) is 3.56. The zero-order valence-corrected chi connectivity index (χ0v) is 20.6. The van der Waals surface area contributed by atoms with Gasteiger partial charge in [-0.3, -0.25) is 9.89 Å². The fourth-order valence-electron chi connectivity index (χ4n) is 3.64. The number of anilines is 1. The van der Waals surface area contributed by atoms with Gasteiger partial charge >= 0.3 is 6.18 Å². The minimum atomic E-state index is -4.20. The van der Waals surface area contributed by atoms with Crippen LogP contribution in [0.15, 0.2) is 35.3 Å².